The van der Waals surface area contributed by atoms with Crippen LogP contribution in [0.4, 0.5) is 5.69 Å². The quantitative estimate of drug-likeness (QED) is 0.620. The van der Waals surface area contributed by atoms with Crippen LogP contribution in [0.1, 0.15) is 5.56 Å². The van der Waals surface area contributed by atoms with Crippen LogP contribution in [0.25, 0.3) is 0 Å². The van der Waals surface area contributed by atoms with Gasteiger partial charge in [-0.3, -0.25) is 0 Å². The average Bonchev–Trinajstić information content (AvgIpc) is 2.07. The first-order chi connectivity index (χ1) is 6.32. The Balaban J connectivity index is 3.16. The molecule has 0 aliphatic rings. The van der Waals surface area contributed by atoms with E-state index in [4.69, 9.17) is 17.4 Å². The van der Waals surface area contributed by atoms with E-state index in [1.165, 1.54) is 6.07 Å². The minimum atomic E-state index is -3.43. The Kier molecular flexibility index (Phi) is 3.04. The molecule has 2 N–H and O–H groups in total. The zero-order valence-corrected chi connectivity index (χ0v) is 9.43. The van der Waals surface area contributed by atoms with Gasteiger partial charge in [-0.2, -0.15) is 0 Å². The summed E-state index contributed by atoms with van der Waals surface area (Å²) in [5, 5.41) is 0.488. The molecule has 14 heavy (non-hydrogen) atoms. The molecule has 0 atom stereocenters. The Morgan fingerprint density at radius 2 is 2.00 bits per heavy atom. The fourth-order valence-electron chi connectivity index (χ4n) is 0.910. The molecule has 0 unspecified atom stereocenters. The summed E-state index contributed by atoms with van der Waals surface area (Å²) >= 11 is 5.83. The number of halogens is 1. The Morgan fingerprint density at radius 1 is 1.43 bits per heavy atom. The summed E-state index contributed by atoms with van der Waals surface area (Å²) < 4.78 is 22.9. The van der Waals surface area contributed by atoms with E-state index in [9.17, 15) is 8.42 Å². The van der Waals surface area contributed by atoms with Gasteiger partial charge in [-0.1, -0.05) is 17.7 Å². The molecule has 0 aliphatic heterocycles. The topological polar surface area (TPSA) is 63.4 Å². The first kappa shape index (κ1) is 11.3. The minimum Gasteiger partial charge on any atom is -0.233 e. The number of sulfonamides is 1. The molecule has 1 rings (SSSR count). The summed E-state index contributed by atoms with van der Waals surface area (Å²) in [6.45, 7) is 1.83. The molecule has 0 amide bonds. The highest BCUT2D eigenvalue weighted by Crippen LogP contribution is 2.22. The van der Waals surface area contributed by atoms with Crippen molar-refractivity contribution in [1.29, 1.82) is 0 Å². The van der Waals surface area contributed by atoms with Gasteiger partial charge in [-0.05, 0) is 24.6 Å². The van der Waals surface area contributed by atoms with Gasteiger partial charge in [0.1, 0.15) is 0 Å². The van der Waals surface area contributed by atoms with Crippen molar-refractivity contribution in [2.45, 2.75) is 6.92 Å². The van der Waals surface area contributed by atoms with Gasteiger partial charge in [0.25, 0.3) is 0 Å². The third kappa shape index (κ3) is 2.37. The van der Waals surface area contributed by atoms with Crippen molar-refractivity contribution >= 4 is 27.3 Å². The molecule has 78 valence electrons. The number of hydrogen-bond acceptors (Lipinski definition) is 3. The Hall–Kier alpha value is -0.780. The van der Waals surface area contributed by atoms with Gasteiger partial charge in [-0.25, -0.2) is 18.7 Å². The van der Waals surface area contributed by atoms with Crippen molar-refractivity contribution < 1.29 is 8.42 Å². The molecule has 0 radical (unpaired) electrons. The number of hydrazine groups is 1. The maximum absolute atomic E-state index is 11.1. The van der Waals surface area contributed by atoms with Crippen LogP contribution < -0.4 is 10.3 Å². The lowest BCUT2D eigenvalue weighted by Crippen LogP contribution is -2.36. The average molecular weight is 235 g/mol. The number of benzene rings is 1. The van der Waals surface area contributed by atoms with Crippen molar-refractivity contribution in [1.82, 2.24) is 0 Å². The van der Waals surface area contributed by atoms with Gasteiger partial charge in [-0.15, -0.1) is 0 Å². The van der Waals surface area contributed by atoms with Crippen LogP contribution in [0.15, 0.2) is 18.2 Å². The molecule has 0 spiro atoms. The monoisotopic (exact) mass is 234 g/mol. The van der Waals surface area contributed by atoms with Crippen molar-refractivity contribution in [3.63, 3.8) is 0 Å². The van der Waals surface area contributed by atoms with Crippen LogP contribution in [0.3, 0.4) is 0 Å². The van der Waals surface area contributed by atoms with E-state index in [2.05, 4.69) is 0 Å². The summed E-state index contributed by atoms with van der Waals surface area (Å²) in [6.07, 6.45) is 1.03. The van der Waals surface area contributed by atoms with Crippen LogP contribution in [0.5, 0.6) is 0 Å². The first-order valence-electron chi connectivity index (χ1n) is 3.83. The van der Waals surface area contributed by atoms with Crippen molar-refractivity contribution in [3.05, 3.63) is 28.8 Å². The van der Waals surface area contributed by atoms with Gasteiger partial charge in [0.05, 0.1) is 11.9 Å². The molecule has 4 nitrogen and oxygen atoms in total. The summed E-state index contributed by atoms with van der Waals surface area (Å²) in [5.41, 5.74) is 1.22. The molecular formula is C8H11ClN2O2S. The maximum Gasteiger partial charge on any atom is 0.245 e. The van der Waals surface area contributed by atoms with Crippen LogP contribution in [0.2, 0.25) is 5.02 Å². The lowest BCUT2D eigenvalue weighted by atomic mass is 10.2. The highest BCUT2D eigenvalue weighted by Gasteiger charge is 2.13. The van der Waals surface area contributed by atoms with E-state index in [1.807, 2.05) is 6.92 Å². The summed E-state index contributed by atoms with van der Waals surface area (Å²) in [6, 6.07) is 4.82. The standard InChI is InChI=1S/C8H11ClN2O2S/c1-6-3-4-7(5-8(6)9)11(10)14(2,12)13/h3-5H,10H2,1-2H3. The van der Waals surface area contributed by atoms with E-state index in [-0.39, 0.29) is 0 Å². The number of nitrogens with two attached hydrogens (primary N) is 1. The van der Waals surface area contributed by atoms with Crippen molar-refractivity contribution in [2.24, 2.45) is 5.84 Å². The van der Waals surface area contributed by atoms with Crippen LogP contribution >= 0.6 is 11.6 Å². The van der Waals surface area contributed by atoms with E-state index in [1.54, 1.807) is 12.1 Å². The number of aryl methyl sites for hydroxylation is 1. The Bertz CT molecular complexity index is 445. The second kappa shape index (κ2) is 3.76. The fraction of sp³-hybridized carbons (Fsp3) is 0.250. The predicted octanol–water partition coefficient (Wildman–Crippen LogP) is 1.29. The van der Waals surface area contributed by atoms with Gasteiger partial charge in [0, 0.05) is 5.02 Å². The smallest absolute Gasteiger partial charge is 0.233 e. The second-order valence-electron chi connectivity index (χ2n) is 2.99. The Morgan fingerprint density at radius 3 is 2.43 bits per heavy atom. The molecule has 0 bridgehead atoms. The van der Waals surface area contributed by atoms with Gasteiger partial charge in [0.15, 0.2) is 0 Å². The summed E-state index contributed by atoms with van der Waals surface area (Å²) in [4.78, 5) is 0. The normalized spacial score (nSPS) is 11.4. The van der Waals surface area contributed by atoms with Crippen LogP contribution in [0, 0.1) is 6.92 Å². The minimum absolute atomic E-state index is 0.350. The third-order valence-electron chi connectivity index (χ3n) is 1.77. The number of anilines is 1. The molecule has 0 aromatic heterocycles. The number of rotatable bonds is 2. The maximum atomic E-state index is 11.1. The zero-order valence-electron chi connectivity index (χ0n) is 7.86. The molecule has 0 saturated heterocycles. The lowest BCUT2D eigenvalue weighted by molar-refractivity contribution is 0.598. The lowest BCUT2D eigenvalue weighted by Gasteiger charge is -2.16. The van der Waals surface area contributed by atoms with Gasteiger partial charge < -0.3 is 0 Å². The van der Waals surface area contributed by atoms with E-state index in [0.717, 1.165) is 11.8 Å². The van der Waals surface area contributed by atoms with E-state index in [0.29, 0.717) is 15.1 Å². The van der Waals surface area contributed by atoms with E-state index < -0.39 is 10.0 Å². The predicted molar refractivity (Wildman–Crippen MR) is 57.7 cm³/mol. The first-order valence-corrected chi connectivity index (χ1v) is 6.06. The van der Waals surface area contributed by atoms with E-state index >= 15 is 0 Å². The Labute approximate surface area is 88.3 Å². The van der Waals surface area contributed by atoms with Crippen molar-refractivity contribution in [3.8, 4) is 0 Å². The molecular weight excluding hydrogens is 224 g/mol. The van der Waals surface area contributed by atoms with Gasteiger partial charge in [0.2, 0.25) is 10.0 Å². The van der Waals surface area contributed by atoms with Gasteiger partial charge >= 0.3 is 0 Å². The number of nitrogens with zero attached hydrogens (tertiary/aromatic N) is 1. The largest absolute Gasteiger partial charge is 0.245 e. The molecule has 1 aromatic carbocycles. The van der Waals surface area contributed by atoms with Crippen molar-refractivity contribution in [2.75, 3.05) is 10.7 Å². The molecule has 0 aliphatic carbocycles. The number of hydrogen-bond donors (Lipinski definition) is 1. The molecule has 1 aromatic rings. The molecule has 6 heteroatoms. The third-order valence-corrected chi connectivity index (χ3v) is 3.10. The highest BCUT2D eigenvalue weighted by molar-refractivity contribution is 7.92. The second-order valence-corrected chi connectivity index (χ2v) is 5.26. The molecule has 0 heterocycles. The zero-order chi connectivity index (χ0) is 10.9. The SMILES string of the molecule is Cc1ccc(N(N)S(C)(=O)=O)cc1Cl. The highest BCUT2D eigenvalue weighted by atomic mass is 35.5. The molecule has 0 fully saturated rings. The van der Waals surface area contributed by atoms with Crippen LogP contribution in [-0.2, 0) is 10.0 Å². The molecule has 0 saturated carbocycles. The fourth-order valence-corrected chi connectivity index (χ4v) is 1.58. The summed E-state index contributed by atoms with van der Waals surface area (Å²) in [7, 11) is -3.43. The van der Waals surface area contributed by atoms with Crippen LogP contribution in [-0.4, -0.2) is 14.7 Å². The summed E-state index contributed by atoms with van der Waals surface area (Å²) in [5.74, 6) is 5.38.